The highest BCUT2D eigenvalue weighted by atomic mass is 16.5. The summed E-state index contributed by atoms with van der Waals surface area (Å²) >= 11 is 0. The van der Waals surface area contributed by atoms with Gasteiger partial charge in [0.15, 0.2) is 0 Å². The molecule has 1 aromatic rings. The Morgan fingerprint density at radius 2 is 1.94 bits per heavy atom. The van der Waals surface area contributed by atoms with E-state index in [2.05, 4.69) is 5.32 Å². The van der Waals surface area contributed by atoms with Crippen LogP contribution in [0.15, 0.2) is 24.3 Å². The lowest BCUT2D eigenvalue weighted by Gasteiger charge is -2.06. The molecule has 0 spiro atoms. The van der Waals surface area contributed by atoms with Crippen LogP contribution in [0, 0.1) is 0 Å². The van der Waals surface area contributed by atoms with Crippen LogP contribution in [0.5, 0.6) is 5.75 Å². The predicted octanol–water partition coefficient (Wildman–Crippen LogP) is 1.95. The molecule has 0 bridgehead atoms. The lowest BCUT2D eigenvalue weighted by atomic mass is 10.2. The standard InChI is InChI=1S/C13H20N2O2/c1-15-13(16)5-3-2-4-10-17-12-8-6-11(14)7-9-12/h6-9H,2-5,10,14H2,1H3,(H,15,16). The van der Waals surface area contributed by atoms with Crippen molar-refractivity contribution in [1.29, 1.82) is 0 Å². The summed E-state index contributed by atoms with van der Waals surface area (Å²) in [7, 11) is 1.66. The summed E-state index contributed by atoms with van der Waals surface area (Å²) in [5.41, 5.74) is 6.31. The first-order chi connectivity index (χ1) is 8.22. The van der Waals surface area contributed by atoms with Gasteiger partial charge in [0.05, 0.1) is 6.61 Å². The van der Waals surface area contributed by atoms with Crippen molar-refractivity contribution in [3.63, 3.8) is 0 Å². The summed E-state index contributed by atoms with van der Waals surface area (Å²) in [5.74, 6) is 0.940. The quantitative estimate of drug-likeness (QED) is 0.562. The van der Waals surface area contributed by atoms with Gasteiger partial charge in [-0.1, -0.05) is 0 Å². The van der Waals surface area contributed by atoms with E-state index in [0.717, 1.165) is 30.7 Å². The highest BCUT2D eigenvalue weighted by molar-refractivity contribution is 5.75. The third kappa shape index (κ3) is 5.80. The van der Waals surface area contributed by atoms with Gasteiger partial charge in [0, 0.05) is 19.2 Å². The fourth-order valence-electron chi connectivity index (χ4n) is 1.44. The topological polar surface area (TPSA) is 64.3 Å². The van der Waals surface area contributed by atoms with E-state index in [1.54, 1.807) is 7.05 Å². The first-order valence-electron chi connectivity index (χ1n) is 5.91. The minimum absolute atomic E-state index is 0.101. The van der Waals surface area contributed by atoms with Gasteiger partial charge in [-0.15, -0.1) is 0 Å². The van der Waals surface area contributed by atoms with E-state index >= 15 is 0 Å². The predicted molar refractivity (Wildman–Crippen MR) is 68.9 cm³/mol. The Morgan fingerprint density at radius 1 is 1.24 bits per heavy atom. The Labute approximate surface area is 102 Å². The Kier molecular flexibility index (Phi) is 5.93. The Morgan fingerprint density at radius 3 is 2.59 bits per heavy atom. The zero-order valence-corrected chi connectivity index (χ0v) is 10.2. The van der Waals surface area contributed by atoms with Crippen molar-refractivity contribution >= 4 is 11.6 Å². The van der Waals surface area contributed by atoms with Crippen LogP contribution in [-0.4, -0.2) is 19.6 Å². The highest BCUT2D eigenvalue weighted by Gasteiger charge is 1.98. The number of nitrogen functional groups attached to an aromatic ring is 1. The second kappa shape index (κ2) is 7.54. The number of unbranched alkanes of at least 4 members (excludes halogenated alkanes) is 2. The summed E-state index contributed by atoms with van der Waals surface area (Å²) < 4.78 is 5.54. The van der Waals surface area contributed by atoms with E-state index in [9.17, 15) is 4.79 Å². The number of nitrogens with two attached hydrogens (primary N) is 1. The van der Waals surface area contributed by atoms with E-state index in [1.165, 1.54) is 0 Å². The molecule has 4 nitrogen and oxygen atoms in total. The number of nitrogens with one attached hydrogen (secondary N) is 1. The second-order valence-electron chi connectivity index (χ2n) is 3.90. The van der Waals surface area contributed by atoms with E-state index in [-0.39, 0.29) is 5.91 Å². The molecule has 1 amide bonds. The summed E-state index contributed by atoms with van der Waals surface area (Å²) in [6.45, 7) is 0.678. The largest absolute Gasteiger partial charge is 0.494 e. The van der Waals surface area contributed by atoms with Gasteiger partial charge in [-0.25, -0.2) is 0 Å². The van der Waals surface area contributed by atoms with Gasteiger partial charge in [0.25, 0.3) is 0 Å². The molecular weight excluding hydrogens is 216 g/mol. The Balaban J connectivity index is 2.04. The van der Waals surface area contributed by atoms with E-state index in [4.69, 9.17) is 10.5 Å². The van der Waals surface area contributed by atoms with Crippen LogP contribution in [-0.2, 0) is 4.79 Å². The summed E-state index contributed by atoms with van der Waals surface area (Å²) in [4.78, 5) is 10.9. The summed E-state index contributed by atoms with van der Waals surface area (Å²) in [6, 6.07) is 7.36. The molecule has 0 heterocycles. The molecule has 0 saturated carbocycles. The van der Waals surface area contributed by atoms with Gasteiger partial charge in [0.1, 0.15) is 5.75 Å². The second-order valence-corrected chi connectivity index (χ2v) is 3.90. The van der Waals surface area contributed by atoms with Crippen LogP contribution in [0.1, 0.15) is 25.7 Å². The SMILES string of the molecule is CNC(=O)CCCCCOc1ccc(N)cc1. The smallest absolute Gasteiger partial charge is 0.219 e. The van der Waals surface area contributed by atoms with Crippen LogP contribution in [0.3, 0.4) is 0 Å². The normalized spacial score (nSPS) is 9.94. The zero-order chi connectivity index (χ0) is 12.5. The number of ether oxygens (including phenoxy) is 1. The van der Waals surface area contributed by atoms with Crippen LogP contribution >= 0.6 is 0 Å². The molecule has 0 radical (unpaired) electrons. The number of hydrogen-bond acceptors (Lipinski definition) is 3. The number of carbonyl (C=O) groups is 1. The zero-order valence-electron chi connectivity index (χ0n) is 10.2. The lowest BCUT2D eigenvalue weighted by Crippen LogP contribution is -2.16. The van der Waals surface area contributed by atoms with Gasteiger partial charge in [0.2, 0.25) is 5.91 Å². The number of rotatable bonds is 7. The van der Waals surface area contributed by atoms with Crippen LogP contribution in [0.25, 0.3) is 0 Å². The van der Waals surface area contributed by atoms with Crippen LogP contribution in [0.2, 0.25) is 0 Å². The highest BCUT2D eigenvalue weighted by Crippen LogP contribution is 2.13. The monoisotopic (exact) mass is 236 g/mol. The maximum Gasteiger partial charge on any atom is 0.219 e. The number of benzene rings is 1. The molecule has 0 saturated heterocycles. The number of carbonyl (C=O) groups excluding carboxylic acids is 1. The third-order valence-corrected chi connectivity index (χ3v) is 2.48. The molecule has 0 aromatic heterocycles. The van der Waals surface area contributed by atoms with Crippen molar-refractivity contribution in [1.82, 2.24) is 5.32 Å². The minimum Gasteiger partial charge on any atom is -0.494 e. The van der Waals surface area contributed by atoms with Crippen molar-refractivity contribution in [3.8, 4) is 5.75 Å². The first-order valence-corrected chi connectivity index (χ1v) is 5.91. The van der Waals surface area contributed by atoms with Crippen molar-refractivity contribution in [3.05, 3.63) is 24.3 Å². The molecule has 0 aliphatic heterocycles. The number of amides is 1. The molecule has 0 unspecified atom stereocenters. The van der Waals surface area contributed by atoms with Gasteiger partial charge in [-0.05, 0) is 43.5 Å². The fraction of sp³-hybridized carbons (Fsp3) is 0.462. The molecule has 94 valence electrons. The Bertz CT molecular complexity index is 336. The molecule has 0 atom stereocenters. The summed E-state index contributed by atoms with van der Waals surface area (Å²) in [5, 5.41) is 2.60. The average Bonchev–Trinajstić information content (AvgIpc) is 2.35. The van der Waals surface area contributed by atoms with Gasteiger partial charge >= 0.3 is 0 Å². The van der Waals surface area contributed by atoms with Gasteiger partial charge in [-0.3, -0.25) is 4.79 Å². The first kappa shape index (κ1) is 13.4. The molecular formula is C13H20N2O2. The molecule has 17 heavy (non-hydrogen) atoms. The molecule has 1 aromatic carbocycles. The lowest BCUT2D eigenvalue weighted by molar-refractivity contribution is -0.120. The van der Waals surface area contributed by atoms with E-state index in [1.807, 2.05) is 24.3 Å². The van der Waals surface area contributed by atoms with E-state index in [0.29, 0.717) is 13.0 Å². The van der Waals surface area contributed by atoms with Crippen LogP contribution < -0.4 is 15.8 Å². The maximum atomic E-state index is 10.9. The molecule has 0 fully saturated rings. The molecule has 3 N–H and O–H groups in total. The number of hydrogen-bond donors (Lipinski definition) is 2. The van der Waals surface area contributed by atoms with Crippen LogP contribution in [0.4, 0.5) is 5.69 Å². The fourth-order valence-corrected chi connectivity index (χ4v) is 1.44. The van der Waals surface area contributed by atoms with Gasteiger partial charge < -0.3 is 15.8 Å². The molecule has 0 aliphatic rings. The summed E-state index contributed by atoms with van der Waals surface area (Å²) in [6.07, 6.45) is 3.47. The van der Waals surface area contributed by atoms with Gasteiger partial charge in [-0.2, -0.15) is 0 Å². The van der Waals surface area contributed by atoms with Crippen molar-refractivity contribution in [2.24, 2.45) is 0 Å². The van der Waals surface area contributed by atoms with E-state index < -0.39 is 0 Å². The average molecular weight is 236 g/mol. The molecule has 1 rings (SSSR count). The third-order valence-electron chi connectivity index (χ3n) is 2.48. The number of anilines is 1. The van der Waals surface area contributed by atoms with Crippen molar-refractivity contribution < 1.29 is 9.53 Å². The molecule has 0 aliphatic carbocycles. The van der Waals surface area contributed by atoms with Crippen molar-refractivity contribution in [2.75, 3.05) is 19.4 Å². The maximum absolute atomic E-state index is 10.9. The molecule has 4 heteroatoms. The van der Waals surface area contributed by atoms with Crippen molar-refractivity contribution in [2.45, 2.75) is 25.7 Å². The Hall–Kier alpha value is -1.71. The minimum atomic E-state index is 0.101.